The predicted molar refractivity (Wildman–Crippen MR) is 93.4 cm³/mol. The van der Waals surface area contributed by atoms with Crippen molar-refractivity contribution in [3.8, 4) is 0 Å². The van der Waals surface area contributed by atoms with Gasteiger partial charge in [0, 0.05) is 30.7 Å². The zero-order chi connectivity index (χ0) is 16.1. The van der Waals surface area contributed by atoms with Gasteiger partial charge in [-0.05, 0) is 23.6 Å². The molecule has 1 fully saturated rings. The number of carbonyl (C=O) groups excluding carboxylic acids is 1. The van der Waals surface area contributed by atoms with Crippen molar-refractivity contribution < 1.29 is 9.53 Å². The van der Waals surface area contributed by atoms with E-state index in [1.807, 2.05) is 6.07 Å². The first-order chi connectivity index (χ1) is 11.3. The summed E-state index contributed by atoms with van der Waals surface area (Å²) in [6.07, 6.45) is 1.72. The predicted octanol–water partition coefficient (Wildman–Crippen LogP) is 2.61. The maximum Gasteiger partial charge on any atom is 0.254 e. The Morgan fingerprint density at radius 2 is 2.22 bits per heavy atom. The lowest BCUT2D eigenvalue weighted by Crippen LogP contribution is -2.43. The number of morpholine rings is 1. The van der Waals surface area contributed by atoms with Crippen LogP contribution in [-0.2, 0) is 4.74 Å². The van der Waals surface area contributed by atoms with Crippen LogP contribution in [0.1, 0.15) is 21.3 Å². The van der Waals surface area contributed by atoms with Gasteiger partial charge < -0.3 is 15.0 Å². The minimum absolute atomic E-state index is 0.137. The van der Waals surface area contributed by atoms with Crippen molar-refractivity contribution in [2.75, 3.05) is 32.8 Å². The van der Waals surface area contributed by atoms with Gasteiger partial charge in [-0.3, -0.25) is 9.69 Å². The van der Waals surface area contributed by atoms with Crippen molar-refractivity contribution in [2.24, 2.45) is 0 Å². The minimum atomic E-state index is -0.137. The van der Waals surface area contributed by atoms with Crippen LogP contribution in [-0.4, -0.2) is 48.6 Å². The molecule has 2 aromatic rings. The molecule has 1 saturated heterocycles. The molecule has 0 spiro atoms. The van der Waals surface area contributed by atoms with Gasteiger partial charge in [0.2, 0.25) is 0 Å². The lowest BCUT2D eigenvalue weighted by Gasteiger charge is -2.34. The molecule has 1 atom stereocenters. The van der Waals surface area contributed by atoms with E-state index in [1.54, 1.807) is 29.7 Å². The summed E-state index contributed by atoms with van der Waals surface area (Å²) in [6, 6.07) is 7.85. The lowest BCUT2D eigenvalue weighted by molar-refractivity contribution is 0.0169. The second-order valence-electron chi connectivity index (χ2n) is 5.30. The third kappa shape index (κ3) is 4.06. The van der Waals surface area contributed by atoms with Gasteiger partial charge in [0.25, 0.3) is 5.91 Å². The number of thiophene rings is 1. The van der Waals surface area contributed by atoms with Crippen LogP contribution < -0.4 is 5.32 Å². The number of hydrogen-bond donors (Lipinski definition) is 2. The number of nitrogens with zero attached hydrogens (tertiary/aromatic N) is 1. The number of carbonyl (C=O) groups is 1. The Morgan fingerprint density at radius 1 is 1.39 bits per heavy atom. The topological polar surface area (TPSA) is 57.4 Å². The number of nitrogens with one attached hydrogen (secondary N) is 2. The largest absolute Gasteiger partial charge is 0.379 e. The molecule has 23 heavy (non-hydrogen) atoms. The molecule has 0 saturated carbocycles. The first kappa shape index (κ1) is 16.3. The molecule has 0 aromatic carbocycles. The second-order valence-corrected chi connectivity index (χ2v) is 6.69. The van der Waals surface area contributed by atoms with Crippen molar-refractivity contribution in [3.05, 3.63) is 50.9 Å². The summed E-state index contributed by atoms with van der Waals surface area (Å²) in [5, 5.41) is 5.09. The van der Waals surface area contributed by atoms with Gasteiger partial charge in [-0.25, -0.2) is 0 Å². The van der Waals surface area contributed by atoms with E-state index in [1.165, 1.54) is 4.88 Å². The quantitative estimate of drug-likeness (QED) is 0.815. The molecule has 0 aliphatic carbocycles. The molecule has 1 unspecified atom stereocenters. The summed E-state index contributed by atoms with van der Waals surface area (Å²) in [5.41, 5.74) is 0.509. The Kier molecular flexibility index (Phi) is 5.56. The fourth-order valence-corrected chi connectivity index (χ4v) is 3.75. The van der Waals surface area contributed by atoms with E-state index in [4.69, 9.17) is 17.0 Å². The van der Waals surface area contributed by atoms with E-state index in [0.29, 0.717) is 16.7 Å². The highest BCUT2D eigenvalue weighted by Gasteiger charge is 2.24. The van der Waals surface area contributed by atoms with Crippen LogP contribution in [0.4, 0.5) is 0 Å². The van der Waals surface area contributed by atoms with Gasteiger partial charge in [-0.2, -0.15) is 0 Å². The highest BCUT2D eigenvalue weighted by molar-refractivity contribution is 7.71. The Balaban J connectivity index is 1.70. The van der Waals surface area contributed by atoms with Gasteiger partial charge in [0.1, 0.15) is 4.64 Å². The first-order valence-corrected chi connectivity index (χ1v) is 8.85. The van der Waals surface area contributed by atoms with Crippen LogP contribution >= 0.6 is 23.6 Å². The smallest absolute Gasteiger partial charge is 0.254 e. The van der Waals surface area contributed by atoms with Crippen molar-refractivity contribution in [3.63, 3.8) is 0 Å². The molecule has 3 rings (SSSR count). The van der Waals surface area contributed by atoms with E-state index in [-0.39, 0.29) is 11.9 Å². The Bertz CT molecular complexity index is 693. The number of pyridine rings is 1. The van der Waals surface area contributed by atoms with Gasteiger partial charge in [-0.15, -0.1) is 11.3 Å². The maximum atomic E-state index is 12.4. The molecular weight excluding hydrogens is 330 g/mol. The standard InChI is InChI=1S/C16H19N3O2S2/c20-15(12-3-1-5-17-16(12)22)18-11-13(14-4-2-10-23-14)19-6-8-21-9-7-19/h1-5,10,13H,6-9,11H2,(H,17,22)(H,18,20). The molecule has 1 aliphatic rings. The number of aromatic amines is 1. The van der Waals surface area contributed by atoms with Gasteiger partial charge in [0.05, 0.1) is 24.8 Å². The van der Waals surface area contributed by atoms with E-state index in [2.05, 4.69) is 26.6 Å². The zero-order valence-corrected chi connectivity index (χ0v) is 14.3. The molecule has 7 heteroatoms. The molecule has 2 aromatic heterocycles. The summed E-state index contributed by atoms with van der Waals surface area (Å²) >= 11 is 6.89. The molecule has 5 nitrogen and oxygen atoms in total. The lowest BCUT2D eigenvalue weighted by atomic mass is 10.1. The van der Waals surface area contributed by atoms with E-state index in [9.17, 15) is 4.79 Å². The number of H-pyrrole nitrogens is 1. The average Bonchev–Trinajstić information content (AvgIpc) is 3.10. The Labute approximate surface area is 144 Å². The normalized spacial score (nSPS) is 16.9. The molecular formula is C16H19N3O2S2. The summed E-state index contributed by atoms with van der Waals surface area (Å²) in [4.78, 5) is 18.9. The molecule has 2 N–H and O–H groups in total. The van der Waals surface area contributed by atoms with Crippen LogP contribution in [0.25, 0.3) is 0 Å². The maximum absolute atomic E-state index is 12.4. The molecule has 1 amide bonds. The van der Waals surface area contributed by atoms with Crippen LogP contribution in [0.15, 0.2) is 35.8 Å². The number of ether oxygens (including phenoxy) is 1. The molecule has 1 aliphatic heterocycles. The van der Waals surface area contributed by atoms with E-state index < -0.39 is 0 Å². The molecule has 0 radical (unpaired) electrons. The van der Waals surface area contributed by atoms with Crippen LogP contribution in [0.2, 0.25) is 0 Å². The highest BCUT2D eigenvalue weighted by atomic mass is 32.1. The molecule has 3 heterocycles. The molecule has 0 bridgehead atoms. The number of rotatable bonds is 5. The van der Waals surface area contributed by atoms with Crippen molar-refractivity contribution >= 4 is 29.5 Å². The number of amides is 1. The van der Waals surface area contributed by atoms with Gasteiger partial charge >= 0.3 is 0 Å². The van der Waals surface area contributed by atoms with Crippen LogP contribution in [0, 0.1) is 4.64 Å². The average molecular weight is 349 g/mol. The van der Waals surface area contributed by atoms with Crippen LogP contribution in [0.5, 0.6) is 0 Å². The zero-order valence-electron chi connectivity index (χ0n) is 12.7. The fraction of sp³-hybridized carbons (Fsp3) is 0.375. The second kappa shape index (κ2) is 7.83. The van der Waals surface area contributed by atoms with Crippen molar-refractivity contribution in [1.82, 2.24) is 15.2 Å². The van der Waals surface area contributed by atoms with E-state index >= 15 is 0 Å². The molecule has 122 valence electrons. The summed E-state index contributed by atoms with van der Waals surface area (Å²) in [6.45, 7) is 3.79. The highest BCUT2D eigenvalue weighted by Crippen LogP contribution is 2.25. The Morgan fingerprint density at radius 3 is 2.91 bits per heavy atom. The third-order valence-electron chi connectivity index (χ3n) is 3.88. The minimum Gasteiger partial charge on any atom is -0.379 e. The van der Waals surface area contributed by atoms with Crippen molar-refractivity contribution in [1.29, 1.82) is 0 Å². The van der Waals surface area contributed by atoms with E-state index in [0.717, 1.165) is 26.3 Å². The van der Waals surface area contributed by atoms with Crippen LogP contribution in [0.3, 0.4) is 0 Å². The van der Waals surface area contributed by atoms with Gasteiger partial charge in [-0.1, -0.05) is 18.3 Å². The monoisotopic (exact) mass is 349 g/mol. The summed E-state index contributed by atoms with van der Waals surface area (Å²) < 4.78 is 5.90. The summed E-state index contributed by atoms with van der Waals surface area (Å²) in [5.74, 6) is -0.137. The first-order valence-electron chi connectivity index (χ1n) is 7.57. The Hall–Kier alpha value is -1.54. The summed E-state index contributed by atoms with van der Waals surface area (Å²) in [7, 11) is 0. The van der Waals surface area contributed by atoms with Gasteiger partial charge in [0.15, 0.2) is 0 Å². The number of aromatic nitrogens is 1. The fourth-order valence-electron chi connectivity index (χ4n) is 2.66. The SMILES string of the molecule is O=C(NCC(c1cccs1)N1CCOCC1)c1ccc[nH]c1=S. The number of hydrogen-bond acceptors (Lipinski definition) is 5. The van der Waals surface area contributed by atoms with Crippen molar-refractivity contribution in [2.45, 2.75) is 6.04 Å². The third-order valence-corrected chi connectivity index (χ3v) is 5.19.